The summed E-state index contributed by atoms with van der Waals surface area (Å²) in [5.41, 5.74) is 0. The van der Waals surface area contributed by atoms with E-state index in [4.69, 9.17) is 0 Å². The Hall–Kier alpha value is -0.0800. The van der Waals surface area contributed by atoms with E-state index in [0.717, 1.165) is 59.4 Å². The van der Waals surface area contributed by atoms with Crippen LogP contribution >= 0.6 is 0 Å². The van der Waals surface area contributed by atoms with Crippen molar-refractivity contribution in [3.63, 3.8) is 0 Å². The van der Waals surface area contributed by atoms with Crippen LogP contribution in [0.25, 0.3) is 0 Å². The van der Waals surface area contributed by atoms with Crippen molar-refractivity contribution in [3.8, 4) is 0 Å². The van der Waals surface area contributed by atoms with Gasteiger partial charge in [0.15, 0.2) is 0 Å². The Morgan fingerprint density at radius 3 is 1.35 bits per heavy atom. The minimum absolute atomic E-state index is 0.944. The maximum atomic E-state index is 2.58. The zero-order valence-corrected chi connectivity index (χ0v) is 11.4. The summed E-state index contributed by atoms with van der Waals surface area (Å²) in [5.74, 6) is 8.84. The predicted octanol–water partition coefficient (Wildman–Crippen LogP) is 1.23. The van der Waals surface area contributed by atoms with E-state index < -0.39 is 0 Å². The van der Waals surface area contributed by atoms with E-state index in [1.165, 1.54) is 0 Å². The summed E-state index contributed by atoms with van der Waals surface area (Å²) in [5, 5.41) is 0. The van der Waals surface area contributed by atoms with E-state index in [2.05, 4.69) is 38.0 Å². The Bertz CT molecular complexity index is 350. The van der Waals surface area contributed by atoms with Gasteiger partial charge < -0.3 is 9.80 Å². The highest BCUT2D eigenvalue weighted by molar-refractivity contribution is 5.33. The minimum Gasteiger partial charge on any atom is -0.306 e. The smallest absolute Gasteiger partial charge is 0.0158 e. The van der Waals surface area contributed by atoms with Gasteiger partial charge in [-0.15, -0.1) is 0 Å². The molecule has 0 aromatic rings. The lowest BCUT2D eigenvalue weighted by molar-refractivity contribution is -0.0529. The molecule has 0 aromatic heterocycles. The standard InChI is InChI=1S/C15H24N2/c1-16(2)14-10-6-5-7-9-8(6)12(14)13(9)15(11(7)10)17(3)4/h6-15H,5H2,1-4H3. The molecule has 0 radical (unpaired) electrons. The molecule has 5 aliphatic rings. The van der Waals surface area contributed by atoms with Crippen LogP contribution in [0.5, 0.6) is 0 Å². The summed E-state index contributed by atoms with van der Waals surface area (Å²) < 4.78 is 0. The van der Waals surface area contributed by atoms with Gasteiger partial charge in [0.05, 0.1) is 0 Å². The van der Waals surface area contributed by atoms with Gasteiger partial charge in [-0.05, 0) is 82.0 Å². The molecule has 5 saturated carbocycles. The molecule has 94 valence electrons. The molecule has 17 heavy (non-hydrogen) atoms. The van der Waals surface area contributed by atoms with Crippen LogP contribution in [0.1, 0.15) is 6.42 Å². The first-order valence-corrected chi connectivity index (χ1v) is 7.46. The molecular weight excluding hydrogens is 208 g/mol. The highest BCUT2D eigenvalue weighted by Gasteiger charge is 2.83. The molecule has 0 saturated heterocycles. The van der Waals surface area contributed by atoms with E-state index in [1.807, 2.05) is 0 Å². The number of fused-ring (bicyclic) bond motifs is 2. The van der Waals surface area contributed by atoms with Crippen molar-refractivity contribution in [1.82, 2.24) is 9.80 Å². The summed E-state index contributed by atoms with van der Waals surface area (Å²) in [7, 11) is 9.33. The predicted molar refractivity (Wildman–Crippen MR) is 67.5 cm³/mol. The Morgan fingerprint density at radius 2 is 1.00 bits per heavy atom. The zero-order chi connectivity index (χ0) is 11.6. The van der Waals surface area contributed by atoms with Gasteiger partial charge in [-0.2, -0.15) is 0 Å². The van der Waals surface area contributed by atoms with Crippen LogP contribution in [-0.4, -0.2) is 50.1 Å². The Labute approximate surface area is 104 Å². The van der Waals surface area contributed by atoms with Gasteiger partial charge in [-0.3, -0.25) is 0 Å². The topological polar surface area (TPSA) is 6.48 Å². The molecule has 0 aromatic carbocycles. The number of nitrogens with zero attached hydrogens (tertiary/aromatic N) is 2. The van der Waals surface area contributed by atoms with Crippen molar-refractivity contribution in [2.45, 2.75) is 18.5 Å². The fourth-order valence-electron chi connectivity index (χ4n) is 7.81. The summed E-state index contributed by atoms with van der Waals surface area (Å²) in [6.45, 7) is 0. The summed E-state index contributed by atoms with van der Waals surface area (Å²) in [4.78, 5) is 5.16. The Kier molecular flexibility index (Phi) is 1.50. The number of hydrogen-bond acceptors (Lipinski definition) is 2. The summed E-state index contributed by atoms with van der Waals surface area (Å²) in [6, 6.07) is 1.89. The molecule has 2 bridgehead atoms. The third kappa shape index (κ3) is 0.755. The molecule has 0 aliphatic heterocycles. The van der Waals surface area contributed by atoms with Crippen LogP contribution in [-0.2, 0) is 0 Å². The van der Waals surface area contributed by atoms with Crippen molar-refractivity contribution in [3.05, 3.63) is 0 Å². The second-order valence-electron chi connectivity index (χ2n) is 7.94. The highest BCUT2D eigenvalue weighted by atomic mass is 15.2. The largest absolute Gasteiger partial charge is 0.306 e. The fraction of sp³-hybridized carbons (Fsp3) is 1.00. The SMILES string of the molecule is CN(C)C1C2C3CC4C5C3C1C5C(N(C)C)C42. The zero-order valence-electron chi connectivity index (χ0n) is 11.4. The third-order valence-electron chi connectivity index (χ3n) is 7.51. The second kappa shape index (κ2) is 2.60. The first-order valence-electron chi connectivity index (χ1n) is 7.46. The lowest BCUT2D eigenvalue weighted by atomic mass is 9.57. The normalized spacial score (nSPS) is 68.8. The van der Waals surface area contributed by atoms with E-state index in [1.54, 1.807) is 6.42 Å². The Morgan fingerprint density at radius 1 is 0.588 bits per heavy atom. The van der Waals surface area contributed by atoms with Crippen LogP contribution in [0.2, 0.25) is 0 Å². The molecule has 0 amide bonds. The second-order valence-corrected chi connectivity index (χ2v) is 7.94. The van der Waals surface area contributed by atoms with Crippen LogP contribution in [0, 0.1) is 47.3 Å². The third-order valence-corrected chi connectivity index (χ3v) is 7.51. The monoisotopic (exact) mass is 232 g/mol. The summed E-state index contributed by atoms with van der Waals surface area (Å²) in [6.07, 6.45) is 1.60. The van der Waals surface area contributed by atoms with Crippen molar-refractivity contribution >= 4 is 0 Å². The van der Waals surface area contributed by atoms with Crippen LogP contribution < -0.4 is 0 Å². The average Bonchev–Trinajstić information content (AvgIpc) is 2.72. The number of hydrogen-bond donors (Lipinski definition) is 0. The quantitative estimate of drug-likeness (QED) is 0.707. The van der Waals surface area contributed by atoms with E-state index in [9.17, 15) is 0 Å². The molecule has 2 nitrogen and oxygen atoms in total. The molecule has 5 aliphatic carbocycles. The molecular formula is C15H24N2. The molecule has 0 spiro atoms. The van der Waals surface area contributed by atoms with Crippen LogP contribution in [0.4, 0.5) is 0 Å². The molecule has 0 N–H and O–H groups in total. The minimum atomic E-state index is 0.944. The van der Waals surface area contributed by atoms with E-state index in [-0.39, 0.29) is 0 Å². The molecule has 2 heteroatoms. The van der Waals surface area contributed by atoms with Crippen molar-refractivity contribution < 1.29 is 0 Å². The number of rotatable bonds is 2. The lowest BCUT2D eigenvalue weighted by Gasteiger charge is -2.53. The van der Waals surface area contributed by atoms with Crippen LogP contribution in [0.3, 0.4) is 0 Å². The first kappa shape index (κ1) is 9.80. The van der Waals surface area contributed by atoms with Gasteiger partial charge in [0, 0.05) is 12.1 Å². The average molecular weight is 232 g/mol. The van der Waals surface area contributed by atoms with Gasteiger partial charge in [-0.25, -0.2) is 0 Å². The molecule has 5 fully saturated rings. The molecule has 5 rings (SSSR count). The van der Waals surface area contributed by atoms with E-state index in [0.29, 0.717) is 0 Å². The van der Waals surface area contributed by atoms with Crippen LogP contribution in [0.15, 0.2) is 0 Å². The summed E-state index contributed by atoms with van der Waals surface area (Å²) >= 11 is 0. The van der Waals surface area contributed by atoms with Crippen molar-refractivity contribution in [2.75, 3.05) is 28.2 Å². The lowest BCUT2D eigenvalue weighted by Crippen LogP contribution is -2.58. The van der Waals surface area contributed by atoms with E-state index >= 15 is 0 Å². The van der Waals surface area contributed by atoms with Gasteiger partial charge in [0.25, 0.3) is 0 Å². The van der Waals surface area contributed by atoms with Gasteiger partial charge >= 0.3 is 0 Å². The Balaban J connectivity index is 1.65. The van der Waals surface area contributed by atoms with Crippen molar-refractivity contribution in [1.29, 1.82) is 0 Å². The van der Waals surface area contributed by atoms with Crippen molar-refractivity contribution in [2.24, 2.45) is 47.3 Å². The first-order chi connectivity index (χ1) is 8.13. The molecule has 10 atom stereocenters. The fourth-order valence-corrected chi connectivity index (χ4v) is 7.81. The molecule has 10 unspecified atom stereocenters. The van der Waals surface area contributed by atoms with Gasteiger partial charge in [0.1, 0.15) is 0 Å². The molecule has 0 heterocycles. The highest BCUT2D eigenvalue weighted by Crippen LogP contribution is 2.83. The maximum Gasteiger partial charge on any atom is 0.0158 e. The maximum absolute atomic E-state index is 2.58. The van der Waals surface area contributed by atoms with Gasteiger partial charge in [-0.1, -0.05) is 0 Å². The van der Waals surface area contributed by atoms with Gasteiger partial charge in [0.2, 0.25) is 0 Å².